The number of nitrogen functional groups attached to an aromatic ring is 1. The van der Waals surface area contributed by atoms with E-state index >= 15 is 0 Å². The van der Waals surface area contributed by atoms with Crippen LogP contribution in [-0.4, -0.2) is 9.97 Å². The number of anilines is 1. The van der Waals surface area contributed by atoms with Gasteiger partial charge in [-0.15, -0.1) is 0 Å². The summed E-state index contributed by atoms with van der Waals surface area (Å²) < 4.78 is 0.777. The van der Waals surface area contributed by atoms with E-state index in [-0.39, 0.29) is 0 Å². The summed E-state index contributed by atoms with van der Waals surface area (Å²) in [5.74, 6) is 1.19. The summed E-state index contributed by atoms with van der Waals surface area (Å²) in [5, 5.41) is 4.11. The van der Waals surface area contributed by atoms with E-state index in [9.17, 15) is 0 Å². The standard InChI is InChI=1S/C10H10BrN3S/c1-5-3-15-4-7(5)10-13-6(2)8(11)9(12)14-10/h3-4H,1-2H3,(H2,12,13,14). The first-order valence-electron chi connectivity index (χ1n) is 4.42. The summed E-state index contributed by atoms with van der Waals surface area (Å²) in [6.45, 7) is 3.95. The first-order valence-corrected chi connectivity index (χ1v) is 6.16. The van der Waals surface area contributed by atoms with Gasteiger partial charge in [0.05, 0.1) is 10.2 Å². The molecule has 0 fully saturated rings. The maximum Gasteiger partial charge on any atom is 0.162 e. The lowest BCUT2D eigenvalue weighted by Crippen LogP contribution is -1.99. The van der Waals surface area contributed by atoms with Crippen LogP contribution < -0.4 is 5.73 Å². The summed E-state index contributed by atoms with van der Waals surface area (Å²) in [6, 6.07) is 0. The molecule has 0 saturated carbocycles. The van der Waals surface area contributed by atoms with Gasteiger partial charge in [-0.2, -0.15) is 11.3 Å². The van der Waals surface area contributed by atoms with Crippen molar-refractivity contribution in [2.24, 2.45) is 0 Å². The lowest BCUT2D eigenvalue weighted by Gasteiger charge is -2.05. The van der Waals surface area contributed by atoms with E-state index in [4.69, 9.17) is 5.73 Å². The van der Waals surface area contributed by atoms with Gasteiger partial charge in [-0.25, -0.2) is 9.97 Å². The Hall–Kier alpha value is -0.940. The van der Waals surface area contributed by atoms with Crippen LogP contribution in [0.4, 0.5) is 5.82 Å². The number of aromatic nitrogens is 2. The Labute approximate surface area is 101 Å². The second-order valence-corrected chi connectivity index (χ2v) is 4.84. The Morgan fingerprint density at radius 1 is 1.27 bits per heavy atom. The Bertz CT molecular complexity index is 484. The summed E-state index contributed by atoms with van der Waals surface area (Å²) in [4.78, 5) is 8.67. The van der Waals surface area contributed by atoms with E-state index in [0.717, 1.165) is 15.7 Å². The minimum atomic E-state index is 0.489. The third-order valence-corrected chi connectivity index (χ3v) is 3.98. The minimum absolute atomic E-state index is 0.489. The summed E-state index contributed by atoms with van der Waals surface area (Å²) >= 11 is 4.99. The molecule has 78 valence electrons. The quantitative estimate of drug-likeness (QED) is 0.875. The summed E-state index contributed by atoms with van der Waals surface area (Å²) in [5.41, 5.74) is 8.89. The predicted octanol–water partition coefficient (Wildman–Crippen LogP) is 3.17. The van der Waals surface area contributed by atoms with Gasteiger partial charge in [0, 0.05) is 10.9 Å². The minimum Gasteiger partial charge on any atom is -0.383 e. The van der Waals surface area contributed by atoms with Gasteiger partial charge in [0.1, 0.15) is 5.82 Å². The molecule has 0 aliphatic carbocycles. The van der Waals surface area contributed by atoms with Gasteiger partial charge >= 0.3 is 0 Å². The molecule has 0 bridgehead atoms. The van der Waals surface area contributed by atoms with Gasteiger partial charge in [-0.05, 0) is 40.7 Å². The molecule has 0 spiro atoms. The molecule has 0 aliphatic heterocycles. The molecule has 0 aliphatic rings. The summed E-state index contributed by atoms with van der Waals surface area (Å²) in [7, 11) is 0. The van der Waals surface area contributed by atoms with Crippen LogP contribution in [0.5, 0.6) is 0 Å². The van der Waals surface area contributed by atoms with Crippen LogP contribution in [0.15, 0.2) is 15.2 Å². The molecule has 0 atom stereocenters. The van der Waals surface area contributed by atoms with Crippen molar-refractivity contribution in [3.8, 4) is 11.4 Å². The van der Waals surface area contributed by atoms with Crippen LogP contribution in [0.25, 0.3) is 11.4 Å². The number of thiophene rings is 1. The fourth-order valence-corrected chi connectivity index (χ4v) is 2.30. The number of hydrogen-bond acceptors (Lipinski definition) is 4. The van der Waals surface area contributed by atoms with Gasteiger partial charge in [-0.1, -0.05) is 0 Å². The normalized spacial score (nSPS) is 10.6. The molecule has 15 heavy (non-hydrogen) atoms. The van der Waals surface area contributed by atoms with Crippen molar-refractivity contribution in [2.45, 2.75) is 13.8 Å². The molecule has 5 heteroatoms. The fraction of sp³-hybridized carbons (Fsp3) is 0.200. The van der Waals surface area contributed by atoms with E-state index in [1.807, 2.05) is 19.2 Å². The van der Waals surface area contributed by atoms with Crippen molar-refractivity contribution in [3.63, 3.8) is 0 Å². The van der Waals surface area contributed by atoms with Crippen molar-refractivity contribution in [1.82, 2.24) is 9.97 Å². The second kappa shape index (κ2) is 3.90. The number of hydrogen-bond donors (Lipinski definition) is 1. The highest BCUT2D eigenvalue weighted by atomic mass is 79.9. The predicted molar refractivity (Wildman–Crippen MR) is 66.9 cm³/mol. The van der Waals surface area contributed by atoms with Crippen LogP contribution in [-0.2, 0) is 0 Å². The molecule has 2 aromatic rings. The average Bonchev–Trinajstić information content (AvgIpc) is 2.60. The Morgan fingerprint density at radius 3 is 2.53 bits per heavy atom. The molecule has 0 aromatic carbocycles. The maximum absolute atomic E-state index is 5.78. The van der Waals surface area contributed by atoms with E-state index in [2.05, 4.69) is 31.3 Å². The Morgan fingerprint density at radius 2 is 2.00 bits per heavy atom. The highest BCUT2D eigenvalue weighted by molar-refractivity contribution is 9.10. The van der Waals surface area contributed by atoms with Crippen LogP contribution in [0.1, 0.15) is 11.3 Å². The van der Waals surface area contributed by atoms with Gasteiger partial charge in [0.25, 0.3) is 0 Å². The van der Waals surface area contributed by atoms with Crippen LogP contribution in [0.2, 0.25) is 0 Å². The largest absolute Gasteiger partial charge is 0.383 e. The first kappa shape index (κ1) is 10.6. The zero-order valence-corrected chi connectivity index (χ0v) is 10.8. The fourth-order valence-electron chi connectivity index (χ4n) is 1.29. The van der Waals surface area contributed by atoms with E-state index in [1.54, 1.807) is 11.3 Å². The molecule has 0 saturated heterocycles. The number of nitrogens with zero attached hydrogens (tertiary/aromatic N) is 2. The molecule has 3 nitrogen and oxygen atoms in total. The molecular formula is C10H10BrN3S. The number of nitrogens with two attached hydrogens (primary N) is 1. The van der Waals surface area contributed by atoms with Gasteiger partial charge in [0.2, 0.25) is 0 Å². The average molecular weight is 284 g/mol. The van der Waals surface area contributed by atoms with Crippen LogP contribution >= 0.6 is 27.3 Å². The number of aryl methyl sites for hydroxylation is 2. The van der Waals surface area contributed by atoms with E-state index < -0.39 is 0 Å². The highest BCUT2D eigenvalue weighted by Crippen LogP contribution is 2.28. The zero-order chi connectivity index (χ0) is 11.0. The molecule has 2 rings (SSSR count). The first-order chi connectivity index (χ1) is 7.09. The number of halogens is 1. The van der Waals surface area contributed by atoms with Gasteiger partial charge < -0.3 is 5.73 Å². The molecule has 0 amide bonds. The van der Waals surface area contributed by atoms with Crippen molar-refractivity contribution < 1.29 is 0 Å². The van der Waals surface area contributed by atoms with Crippen molar-refractivity contribution in [3.05, 3.63) is 26.5 Å². The van der Waals surface area contributed by atoms with Crippen molar-refractivity contribution in [2.75, 3.05) is 5.73 Å². The lowest BCUT2D eigenvalue weighted by atomic mass is 10.2. The number of rotatable bonds is 1. The van der Waals surface area contributed by atoms with Gasteiger partial charge in [0.15, 0.2) is 5.82 Å². The zero-order valence-electron chi connectivity index (χ0n) is 8.41. The molecule has 0 unspecified atom stereocenters. The van der Waals surface area contributed by atoms with Crippen molar-refractivity contribution >= 4 is 33.1 Å². The summed E-state index contributed by atoms with van der Waals surface area (Å²) in [6.07, 6.45) is 0. The lowest BCUT2D eigenvalue weighted by molar-refractivity contribution is 1.10. The smallest absolute Gasteiger partial charge is 0.162 e. The molecular weight excluding hydrogens is 274 g/mol. The second-order valence-electron chi connectivity index (χ2n) is 3.30. The monoisotopic (exact) mass is 283 g/mol. The van der Waals surface area contributed by atoms with Crippen LogP contribution in [0, 0.1) is 13.8 Å². The third-order valence-electron chi connectivity index (χ3n) is 2.14. The van der Waals surface area contributed by atoms with Crippen molar-refractivity contribution in [1.29, 1.82) is 0 Å². The SMILES string of the molecule is Cc1cscc1-c1nc(C)c(Br)c(N)n1. The molecule has 0 radical (unpaired) electrons. The van der Waals surface area contributed by atoms with E-state index in [1.165, 1.54) is 5.56 Å². The Balaban J connectivity index is 2.60. The molecule has 2 aromatic heterocycles. The molecule has 2 N–H and O–H groups in total. The van der Waals surface area contributed by atoms with Crippen LogP contribution in [0.3, 0.4) is 0 Å². The maximum atomic E-state index is 5.78. The van der Waals surface area contributed by atoms with Gasteiger partial charge in [-0.3, -0.25) is 0 Å². The topological polar surface area (TPSA) is 51.8 Å². The third kappa shape index (κ3) is 1.89. The van der Waals surface area contributed by atoms with E-state index in [0.29, 0.717) is 11.6 Å². The highest BCUT2D eigenvalue weighted by Gasteiger charge is 2.10. The Kier molecular flexibility index (Phi) is 2.75. The molecule has 2 heterocycles.